The Morgan fingerprint density at radius 3 is 2.59 bits per heavy atom. The van der Waals surface area contributed by atoms with Crippen molar-refractivity contribution >= 4 is 21.3 Å². The van der Waals surface area contributed by atoms with Gasteiger partial charge in [0.1, 0.15) is 15.7 Å². The van der Waals surface area contributed by atoms with Gasteiger partial charge in [-0.3, -0.25) is 4.68 Å². The Labute approximate surface area is 102 Å². The van der Waals surface area contributed by atoms with Gasteiger partial charge in [0.15, 0.2) is 0 Å². The maximum atomic E-state index is 11.0. The molecule has 0 saturated carbocycles. The Kier molecular flexibility index (Phi) is 4.39. The number of nitrogens with two attached hydrogens (primary N) is 1. The number of sulfone groups is 1. The van der Waals surface area contributed by atoms with Crippen LogP contribution >= 0.6 is 0 Å². The summed E-state index contributed by atoms with van der Waals surface area (Å²) >= 11 is 0. The molecule has 0 bridgehead atoms. The van der Waals surface area contributed by atoms with Crippen molar-refractivity contribution in [2.24, 2.45) is 7.05 Å². The molecule has 0 aromatic carbocycles. The molecule has 1 heterocycles. The van der Waals surface area contributed by atoms with Crippen molar-refractivity contribution in [3.05, 3.63) is 5.69 Å². The number of anilines is 2. The molecule has 0 atom stereocenters. The lowest BCUT2D eigenvalue weighted by Gasteiger charge is -2.07. The van der Waals surface area contributed by atoms with Crippen molar-refractivity contribution in [3.8, 4) is 0 Å². The average molecular weight is 260 g/mol. The van der Waals surface area contributed by atoms with E-state index in [1.54, 1.807) is 4.68 Å². The van der Waals surface area contributed by atoms with Gasteiger partial charge in [-0.1, -0.05) is 6.92 Å². The minimum absolute atomic E-state index is 0.179. The number of aryl methyl sites for hydroxylation is 2. The minimum atomic E-state index is -2.89. The molecule has 7 heteroatoms. The molecule has 1 aromatic rings. The average Bonchev–Trinajstić information content (AvgIpc) is 2.48. The third-order valence-electron chi connectivity index (χ3n) is 2.48. The van der Waals surface area contributed by atoms with Crippen LogP contribution in [0, 0.1) is 0 Å². The topological polar surface area (TPSA) is 90.0 Å². The monoisotopic (exact) mass is 260 g/mol. The summed E-state index contributed by atoms with van der Waals surface area (Å²) in [6.45, 7) is 2.56. The Balaban J connectivity index is 2.55. The van der Waals surface area contributed by atoms with Crippen LogP contribution in [0.2, 0.25) is 0 Å². The number of hydrogen-bond donors (Lipinski definition) is 2. The zero-order chi connectivity index (χ0) is 13.1. The number of nitrogen functional groups attached to an aromatic ring is 1. The summed E-state index contributed by atoms with van der Waals surface area (Å²) in [4.78, 5) is 0. The minimum Gasteiger partial charge on any atom is -0.394 e. The van der Waals surface area contributed by atoms with E-state index in [0.29, 0.717) is 18.7 Å². The first-order chi connectivity index (χ1) is 7.85. The van der Waals surface area contributed by atoms with E-state index in [2.05, 4.69) is 10.4 Å². The third-order valence-corrected chi connectivity index (χ3v) is 3.51. The molecule has 0 aliphatic rings. The highest BCUT2D eigenvalue weighted by Crippen LogP contribution is 2.21. The molecule has 17 heavy (non-hydrogen) atoms. The summed E-state index contributed by atoms with van der Waals surface area (Å²) in [5.41, 5.74) is 7.43. The molecule has 0 amide bonds. The summed E-state index contributed by atoms with van der Waals surface area (Å²) in [6, 6.07) is 0. The van der Waals surface area contributed by atoms with E-state index >= 15 is 0 Å². The van der Waals surface area contributed by atoms with Crippen molar-refractivity contribution < 1.29 is 8.42 Å². The van der Waals surface area contributed by atoms with Crippen LogP contribution in [0.5, 0.6) is 0 Å². The highest BCUT2D eigenvalue weighted by Gasteiger charge is 2.11. The number of nitrogens with zero attached hydrogens (tertiary/aromatic N) is 2. The fourth-order valence-corrected chi connectivity index (χ4v) is 2.28. The Morgan fingerprint density at radius 2 is 2.12 bits per heavy atom. The molecule has 1 aromatic heterocycles. The van der Waals surface area contributed by atoms with Gasteiger partial charge >= 0.3 is 0 Å². The molecule has 0 unspecified atom stereocenters. The lowest BCUT2D eigenvalue weighted by Crippen LogP contribution is -2.12. The molecule has 0 radical (unpaired) electrons. The van der Waals surface area contributed by atoms with Gasteiger partial charge in [-0.15, -0.1) is 0 Å². The van der Waals surface area contributed by atoms with Crippen LogP contribution in [0.15, 0.2) is 0 Å². The Hall–Kier alpha value is -1.24. The molecular formula is C10H20N4O2S. The first-order valence-corrected chi connectivity index (χ1v) is 7.64. The molecule has 1 rings (SSSR count). The smallest absolute Gasteiger partial charge is 0.147 e. The standard InChI is InChI=1S/C10H20N4O2S/c1-4-8-9(11)10(14(2)13-8)12-6-5-7-17(3,15)16/h12H,4-7,11H2,1-3H3. The molecule has 0 aliphatic carbocycles. The van der Waals surface area contributed by atoms with E-state index in [4.69, 9.17) is 5.73 Å². The zero-order valence-electron chi connectivity index (χ0n) is 10.5. The lowest BCUT2D eigenvalue weighted by molar-refractivity contribution is 0.600. The first kappa shape index (κ1) is 13.8. The maximum Gasteiger partial charge on any atom is 0.147 e. The van der Waals surface area contributed by atoms with Gasteiger partial charge in [-0.05, 0) is 12.8 Å². The molecule has 0 saturated heterocycles. The summed E-state index contributed by atoms with van der Waals surface area (Å²) < 4.78 is 23.6. The summed E-state index contributed by atoms with van der Waals surface area (Å²) in [7, 11) is -1.08. The van der Waals surface area contributed by atoms with E-state index < -0.39 is 9.84 Å². The number of rotatable bonds is 6. The van der Waals surface area contributed by atoms with Crippen LogP contribution in [0.1, 0.15) is 19.0 Å². The highest BCUT2D eigenvalue weighted by atomic mass is 32.2. The molecule has 0 spiro atoms. The van der Waals surface area contributed by atoms with E-state index in [1.807, 2.05) is 14.0 Å². The first-order valence-electron chi connectivity index (χ1n) is 5.58. The second-order valence-electron chi connectivity index (χ2n) is 4.10. The van der Waals surface area contributed by atoms with Crippen LogP contribution in [0.4, 0.5) is 11.5 Å². The van der Waals surface area contributed by atoms with Gasteiger partial charge in [0.05, 0.1) is 17.1 Å². The summed E-state index contributed by atoms with van der Waals surface area (Å²) in [6.07, 6.45) is 2.58. The van der Waals surface area contributed by atoms with Crippen molar-refractivity contribution in [2.75, 3.05) is 29.6 Å². The van der Waals surface area contributed by atoms with Gasteiger partial charge < -0.3 is 11.1 Å². The number of nitrogens with one attached hydrogen (secondary N) is 1. The zero-order valence-corrected chi connectivity index (χ0v) is 11.3. The second-order valence-corrected chi connectivity index (χ2v) is 6.36. The Bertz CT molecular complexity index is 479. The second kappa shape index (κ2) is 5.39. The van der Waals surface area contributed by atoms with Crippen molar-refractivity contribution in [1.82, 2.24) is 9.78 Å². The molecule has 6 nitrogen and oxygen atoms in total. The van der Waals surface area contributed by atoms with Crippen molar-refractivity contribution in [2.45, 2.75) is 19.8 Å². The van der Waals surface area contributed by atoms with Crippen LogP contribution in [-0.2, 0) is 23.3 Å². The van der Waals surface area contributed by atoms with Gasteiger partial charge in [0.25, 0.3) is 0 Å². The van der Waals surface area contributed by atoms with Crippen molar-refractivity contribution in [1.29, 1.82) is 0 Å². The Morgan fingerprint density at radius 1 is 1.47 bits per heavy atom. The SMILES string of the molecule is CCc1nn(C)c(NCCCS(C)(=O)=O)c1N. The van der Waals surface area contributed by atoms with Crippen LogP contribution in [0.25, 0.3) is 0 Å². The van der Waals surface area contributed by atoms with Crippen LogP contribution in [-0.4, -0.2) is 36.8 Å². The fraction of sp³-hybridized carbons (Fsp3) is 0.700. The van der Waals surface area contributed by atoms with Crippen LogP contribution in [0.3, 0.4) is 0 Å². The van der Waals surface area contributed by atoms with Gasteiger partial charge in [0.2, 0.25) is 0 Å². The summed E-state index contributed by atoms with van der Waals surface area (Å²) in [5, 5.41) is 7.39. The van der Waals surface area contributed by atoms with Gasteiger partial charge in [-0.25, -0.2) is 8.42 Å². The quantitative estimate of drug-likeness (QED) is 0.723. The number of aromatic nitrogens is 2. The van der Waals surface area contributed by atoms with E-state index in [0.717, 1.165) is 17.9 Å². The largest absolute Gasteiger partial charge is 0.394 e. The number of hydrogen-bond acceptors (Lipinski definition) is 5. The van der Waals surface area contributed by atoms with Gasteiger partial charge in [0, 0.05) is 19.8 Å². The summed E-state index contributed by atoms with van der Waals surface area (Å²) in [5.74, 6) is 0.939. The van der Waals surface area contributed by atoms with E-state index in [-0.39, 0.29) is 5.75 Å². The third kappa shape index (κ3) is 3.92. The van der Waals surface area contributed by atoms with E-state index in [9.17, 15) is 8.42 Å². The molecule has 0 fully saturated rings. The normalized spacial score (nSPS) is 11.7. The van der Waals surface area contributed by atoms with Crippen molar-refractivity contribution in [3.63, 3.8) is 0 Å². The lowest BCUT2D eigenvalue weighted by atomic mass is 10.3. The predicted molar refractivity (Wildman–Crippen MR) is 69.8 cm³/mol. The van der Waals surface area contributed by atoms with Crippen LogP contribution < -0.4 is 11.1 Å². The van der Waals surface area contributed by atoms with E-state index in [1.165, 1.54) is 6.26 Å². The maximum absolute atomic E-state index is 11.0. The van der Waals surface area contributed by atoms with Gasteiger partial charge in [-0.2, -0.15) is 5.10 Å². The fourth-order valence-electron chi connectivity index (χ4n) is 1.61. The molecule has 3 N–H and O–H groups in total. The predicted octanol–water partition coefficient (Wildman–Crippen LogP) is 0.411. The molecule has 98 valence electrons. The molecular weight excluding hydrogens is 240 g/mol. The highest BCUT2D eigenvalue weighted by molar-refractivity contribution is 7.90. The molecule has 0 aliphatic heterocycles.